The van der Waals surface area contributed by atoms with Gasteiger partial charge in [0.2, 0.25) is 0 Å². The molecule has 4 nitrogen and oxygen atoms in total. The molecular weight excluding hydrogens is 352 g/mol. The molecule has 0 aliphatic carbocycles. The molecule has 0 spiro atoms. The molecule has 1 fully saturated rings. The minimum atomic E-state index is -0.0368. The van der Waals surface area contributed by atoms with Crippen molar-refractivity contribution in [1.82, 2.24) is 9.88 Å². The fourth-order valence-electron chi connectivity index (χ4n) is 1.70. The number of alkyl halides is 1. The summed E-state index contributed by atoms with van der Waals surface area (Å²) in [5, 5.41) is 0.718. The second-order valence-corrected chi connectivity index (χ2v) is 5.31. The molecule has 1 aromatic heterocycles. The van der Waals surface area contributed by atoms with E-state index in [0.29, 0.717) is 25.5 Å². The summed E-state index contributed by atoms with van der Waals surface area (Å²) >= 11 is 6.70. The first-order valence-electron chi connectivity index (χ1n) is 5.28. The zero-order chi connectivity index (χ0) is 12.3. The molecule has 1 saturated heterocycles. The Kier molecular flexibility index (Phi) is 4.53. The number of carbonyl (C=O) groups excluding carboxylic acids is 1. The molecule has 0 saturated carbocycles. The first-order chi connectivity index (χ1) is 8.22. The first kappa shape index (κ1) is 13.0. The lowest BCUT2D eigenvalue weighted by atomic mass is 10.2. The van der Waals surface area contributed by atoms with Gasteiger partial charge in [0.1, 0.15) is 5.69 Å². The monoisotopic (exact) mass is 362 g/mol. The Morgan fingerprint density at radius 2 is 2.41 bits per heavy atom. The molecule has 1 unspecified atom stereocenters. The maximum Gasteiger partial charge on any atom is 0.272 e. The summed E-state index contributed by atoms with van der Waals surface area (Å²) in [5.41, 5.74) is 0.473. The number of pyridine rings is 1. The van der Waals surface area contributed by atoms with E-state index in [9.17, 15) is 4.79 Å². The van der Waals surface area contributed by atoms with Crippen LogP contribution in [0.4, 0.5) is 0 Å². The van der Waals surface area contributed by atoms with Crippen LogP contribution in [0.5, 0.6) is 0 Å². The van der Waals surface area contributed by atoms with E-state index in [1.165, 1.54) is 0 Å². The molecule has 1 aromatic rings. The third kappa shape index (κ3) is 3.05. The molecule has 6 heteroatoms. The molecule has 1 aliphatic heterocycles. The van der Waals surface area contributed by atoms with E-state index in [-0.39, 0.29) is 11.9 Å². The van der Waals surface area contributed by atoms with Crippen LogP contribution in [0.2, 0.25) is 0 Å². The number of amides is 1. The molecule has 2 heterocycles. The number of rotatable bonds is 2. The minimum Gasteiger partial charge on any atom is -0.377 e. The number of aromatic nitrogens is 1. The summed E-state index contributed by atoms with van der Waals surface area (Å²) in [5.74, 6) is -0.0368. The lowest BCUT2D eigenvalue weighted by molar-refractivity contribution is 0.00492. The van der Waals surface area contributed by atoms with E-state index < -0.39 is 0 Å². The van der Waals surface area contributed by atoms with Crippen LogP contribution in [0.25, 0.3) is 0 Å². The lowest BCUT2D eigenvalue weighted by Crippen LogP contribution is -2.49. The summed E-state index contributed by atoms with van der Waals surface area (Å²) in [6.07, 6.45) is 1.64. The van der Waals surface area contributed by atoms with Crippen LogP contribution >= 0.6 is 31.9 Å². The first-order valence-corrected chi connectivity index (χ1v) is 7.20. The van der Waals surface area contributed by atoms with Crippen LogP contribution in [-0.2, 0) is 4.74 Å². The Bertz CT molecular complexity index is 397. The van der Waals surface area contributed by atoms with Crippen LogP contribution in [0.15, 0.2) is 22.8 Å². The average molecular weight is 364 g/mol. The lowest BCUT2D eigenvalue weighted by Gasteiger charge is -2.34. The maximum absolute atomic E-state index is 12.3. The van der Waals surface area contributed by atoms with Crippen molar-refractivity contribution in [3.8, 4) is 0 Å². The molecule has 0 radical (unpaired) electrons. The minimum absolute atomic E-state index is 0.0368. The van der Waals surface area contributed by atoms with Crippen molar-refractivity contribution >= 4 is 37.8 Å². The highest BCUT2D eigenvalue weighted by atomic mass is 79.9. The number of hydrogen-bond acceptors (Lipinski definition) is 3. The van der Waals surface area contributed by atoms with Gasteiger partial charge in [-0.2, -0.15) is 0 Å². The summed E-state index contributed by atoms with van der Waals surface area (Å²) < 4.78 is 6.23. The molecular formula is C11H12Br2N2O2. The molecule has 1 aliphatic rings. The van der Waals surface area contributed by atoms with Crippen molar-refractivity contribution in [2.75, 3.05) is 25.1 Å². The smallest absolute Gasteiger partial charge is 0.272 e. The van der Waals surface area contributed by atoms with Gasteiger partial charge in [0.25, 0.3) is 5.91 Å². The van der Waals surface area contributed by atoms with Crippen LogP contribution in [0.3, 0.4) is 0 Å². The van der Waals surface area contributed by atoms with Gasteiger partial charge in [-0.15, -0.1) is 0 Å². The average Bonchev–Trinajstić information content (AvgIpc) is 2.39. The highest BCUT2D eigenvalue weighted by Crippen LogP contribution is 2.14. The second-order valence-electron chi connectivity index (χ2n) is 3.74. The highest BCUT2D eigenvalue weighted by Gasteiger charge is 2.27. The predicted molar refractivity (Wildman–Crippen MR) is 71.4 cm³/mol. The highest BCUT2D eigenvalue weighted by molar-refractivity contribution is 9.10. The maximum atomic E-state index is 12.3. The fourth-order valence-corrected chi connectivity index (χ4v) is 2.47. The Labute approximate surface area is 117 Å². The summed E-state index contributed by atoms with van der Waals surface area (Å²) in [7, 11) is 0. The number of carbonyl (C=O) groups is 1. The number of hydrogen-bond donors (Lipinski definition) is 0. The van der Waals surface area contributed by atoms with E-state index in [2.05, 4.69) is 36.8 Å². The van der Waals surface area contributed by atoms with Gasteiger partial charge < -0.3 is 9.64 Å². The fraction of sp³-hybridized carbons (Fsp3) is 0.455. The summed E-state index contributed by atoms with van der Waals surface area (Å²) in [6.45, 7) is 1.78. The largest absolute Gasteiger partial charge is 0.377 e. The Balaban J connectivity index is 2.15. The van der Waals surface area contributed by atoms with Crippen molar-refractivity contribution in [3.05, 3.63) is 28.5 Å². The number of ether oxygens (including phenoxy) is 1. The van der Waals surface area contributed by atoms with Gasteiger partial charge in [-0.3, -0.25) is 4.79 Å². The van der Waals surface area contributed by atoms with Gasteiger partial charge in [0.15, 0.2) is 0 Å². The molecule has 0 bridgehead atoms. The molecule has 2 rings (SSSR count). The molecule has 92 valence electrons. The van der Waals surface area contributed by atoms with Gasteiger partial charge in [-0.25, -0.2) is 4.98 Å². The Hall–Kier alpha value is -0.460. The quantitative estimate of drug-likeness (QED) is 0.755. The third-order valence-corrected chi connectivity index (χ3v) is 3.83. The summed E-state index contributed by atoms with van der Waals surface area (Å²) in [6, 6.07) is 3.64. The van der Waals surface area contributed by atoms with Crippen LogP contribution in [0, 0.1) is 0 Å². The summed E-state index contributed by atoms with van der Waals surface area (Å²) in [4.78, 5) is 18.2. The van der Waals surface area contributed by atoms with E-state index >= 15 is 0 Å². The molecule has 17 heavy (non-hydrogen) atoms. The molecule has 1 atom stereocenters. The van der Waals surface area contributed by atoms with Gasteiger partial charge in [-0.05, 0) is 28.1 Å². The van der Waals surface area contributed by atoms with Gasteiger partial charge in [-0.1, -0.05) is 15.9 Å². The standard InChI is InChI=1S/C11H12Br2N2O2/c12-5-9-7-17-4-3-15(9)11(16)10-2-1-8(13)6-14-10/h1-2,6,9H,3-5,7H2. The SMILES string of the molecule is O=C(c1ccc(Br)cn1)N1CCOCC1CBr. The van der Waals surface area contributed by atoms with E-state index in [4.69, 9.17) is 4.74 Å². The van der Waals surface area contributed by atoms with E-state index in [0.717, 1.165) is 9.80 Å². The van der Waals surface area contributed by atoms with Gasteiger partial charge in [0, 0.05) is 22.5 Å². The number of morpholine rings is 1. The van der Waals surface area contributed by atoms with Crippen molar-refractivity contribution in [2.24, 2.45) is 0 Å². The number of halogens is 2. The number of nitrogens with zero attached hydrogens (tertiary/aromatic N) is 2. The Morgan fingerprint density at radius 1 is 1.59 bits per heavy atom. The molecule has 1 amide bonds. The van der Waals surface area contributed by atoms with Crippen LogP contribution in [0.1, 0.15) is 10.5 Å². The van der Waals surface area contributed by atoms with Crippen LogP contribution < -0.4 is 0 Å². The van der Waals surface area contributed by atoms with E-state index in [1.54, 1.807) is 12.3 Å². The molecule has 0 aromatic carbocycles. The van der Waals surface area contributed by atoms with Gasteiger partial charge >= 0.3 is 0 Å². The zero-order valence-electron chi connectivity index (χ0n) is 9.10. The topological polar surface area (TPSA) is 42.4 Å². The molecule has 0 N–H and O–H groups in total. The third-order valence-electron chi connectivity index (χ3n) is 2.61. The van der Waals surface area contributed by atoms with Crippen molar-refractivity contribution in [3.63, 3.8) is 0 Å². The zero-order valence-corrected chi connectivity index (χ0v) is 12.3. The van der Waals surface area contributed by atoms with Gasteiger partial charge in [0.05, 0.1) is 19.3 Å². The van der Waals surface area contributed by atoms with Crippen molar-refractivity contribution in [2.45, 2.75) is 6.04 Å². The Morgan fingerprint density at radius 3 is 3.06 bits per heavy atom. The van der Waals surface area contributed by atoms with Crippen molar-refractivity contribution < 1.29 is 9.53 Å². The van der Waals surface area contributed by atoms with E-state index in [1.807, 2.05) is 11.0 Å². The van der Waals surface area contributed by atoms with Crippen LogP contribution in [-0.4, -0.2) is 46.9 Å². The van der Waals surface area contributed by atoms with Crippen molar-refractivity contribution in [1.29, 1.82) is 0 Å². The normalized spacial score (nSPS) is 20.4. The predicted octanol–water partition coefficient (Wildman–Crippen LogP) is 2.08. The second kappa shape index (κ2) is 5.93.